The summed E-state index contributed by atoms with van der Waals surface area (Å²) in [5.74, 6) is -2.20. The summed E-state index contributed by atoms with van der Waals surface area (Å²) in [5.41, 5.74) is 2.31. The highest BCUT2D eigenvalue weighted by molar-refractivity contribution is 6.09. The monoisotopic (exact) mass is 442 g/mol. The SMILES string of the molecule is COCC(C)n1c(C)cc(/C=C(\C#N)C(=O)Nc2cc(F)c(N3CCCC3)c(F)c2)c1C. The van der Waals surface area contributed by atoms with Gasteiger partial charge in [0.25, 0.3) is 5.91 Å². The maximum absolute atomic E-state index is 14.6. The van der Waals surface area contributed by atoms with Crippen molar-refractivity contribution in [3.8, 4) is 6.07 Å². The van der Waals surface area contributed by atoms with Crippen LogP contribution in [0.3, 0.4) is 0 Å². The number of benzene rings is 1. The molecule has 3 rings (SSSR count). The van der Waals surface area contributed by atoms with Crippen molar-refractivity contribution >= 4 is 23.4 Å². The van der Waals surface area contributed by atoms with Crippen LogP contribution in [0.15, 0.2) is 23.8 Å². The zero-order chi connectivity index (χ0) is 23.4. The topological polar surface area (TPSA) is 70.3 Å². The molecule has 8 heteroatoms. The number of halogens is 2. The Balaban J connectivity index is 1.83. The Hall–Kier alpha value is -3.18. The van der Waals surface area contributed by atoms with Crippen molar-refractivity contribution in [1.29, 1.82) is 5.26 Å². The zero-order valence-electron chi connectivity index (χ0n) is 18.8. The fourth-order valence-electron chi connectivity index (χ4n) is 4.33. The second-order valence-electron chi connectivity index (χ2n) is 8.11. The molecule has 1 N–H and O–H groups in total. The van der Waals surface area contributed by atoms with Crippen molar-refractivity contribution in [1.82, 2.24) is 4.57 Å². The quantitative estimate of drug-likeness (QED) is 0.497. The first-order valence-electron chi connectivity index (χ1n) is 10.6. The van der Waals surface area contributed by atoms with Crippen LogP contribution in [0.1, 0.15) is 42.8 Å². The predicted octanol–water partition coefficient (Wildman–Crippen LogP) is 4.74. The molecule has 0 spiro atoms. The van der Waals surface area contributed by atoms with Gasteiger partial charge in [0.15, 0.2) is 11.6 Å². The highest BCUT2D eigenvalue weighted by Gasteiger charge is 2.22. The number of nitriles is 1. The number of carbonyl (C=O) groups excluding carboxylic acids is 1. The lowest BCUT2D eigenvalue weighted by molar-refractivity contribution is -0.112. The first kappa shape index (κ1) is 23.5. The third-order valence-corrected chi connectivity index (χ3v) is 5.73. The lowest BCUT2D eigenvalue weighted by atomic mass is 10.1. The molecule has 1 aliphatic rings. The average Bonchev–Trinajstić information content (AvgIpc) is 3.33. The molecule has 1 unspecified atom stereocenters. The molecule has 1 saturated heterocycles. The molecule has 32 heavy (non-hydrogen) atoms. The number of aromatic nitrogens is 1. The Labute approximate surface area is 187 Å². The molecule has 2 heterocycles. The second kappa shape index (κ2) is 9.96. The number of amides is 1. The molecule has 1 atom stereocenters. The van der Waals surface area contributed by atoms with E-state index in [0.717, 1.165) is 41.9 Å². The normalized spacial score (nSPS) is 15.0. The Bertz CT molecular complexity index is 1060. The van der Waals surface area contributed by atoms with Gasteiger partial charge in [-0.05, 0) is 63.5 Å². The van der Waals surface area contributed by atoms with Gasteiger partial charge in [-0.1, -0.05) is 0 Å². The fourth-order valence-corrected chi connectivity index (χ4v) is 4.33. The van der Waals surface area contributed by atoms with Crippen molar-refractivity contribution in [3.63, 3.8) is 0 Å². The van der Waals surface area contributed by atoms with Gasteiger partial charge >= 0.3 is 0 Å². The van der Waals surface area contributed by atoms with Gasteiger partial charge in [-0.15, -0.1) is 0 Å². The summed E-state index contributed by atoms with van der Waals surface area (Å²) in [7, 11) is 1.63. The van der Waals surface area contributed by atoms with Crippen molar-refractivity contribution in [3.05, 3.63) is 52.4 Å². The summed E-state index contributed by atoms with van der Waals surface area (Å²) < 4.78 is 36.4. The van der Waals surface area contributed by atoms with E-state index in [2.05, 4.69) is 9.88 Å². The van der Waals surface area contributed by atoms with Gasteiger partial charge in [-0.25, -0.2) is 8.78 Å². The molecule has 6 nitrogen and oxygen atoms in total. The Kier molecular flexibility index (Phi) is 7.31. The van der Waals surface area contributed by atoms with E-state index in [1.807, 2.05) is 32.9 Å². The average molecular weight is 443 g/mol. The van der Waals surface area contributed by atoms with Crippen LogP contribution in [0, 0.1) is 36.8 Å². The molecule has 0 bridgehead atoms. The third kappa shape index (κ3) is 4.83. The van der Waals surface area contributed by atoms with Crippen LogP contribution in [-0.2, 0) is 9.53 Å². The number of hydrogen-bond acceptors (Lipinski definition) is 4. The van der Waals surface area contributed by atoms with Crippen molar-refractivity contribution in [2.45, 2.75) is 39.7 Å². The second-order valence-corrected chi connectivity index (χ2v) is 8.11. The minimum atomic E-state index is -0.736. The molecule has 1 amide bonds. The largest absolute Gasteiger partial charge is 0.383 e. The summed E-state index contributed by atoms with van der Waals surface area (Å²) in [5, 5.41) is 12.0. The lowest BCUT2D eigenvalue weighted by Crippen LogP contribution is -2.21. The van der Waals surface area contributed by atoms with E-state index in [9.17, 15) is 18.8 Å². The molecule has 0 saturated carbocycles. The maximum Gasteiger partial charge on any atom is 0.266 e. The van der Waals surface area contributed by atoms with Crippen molar-refractivity contribution in [2.24, 2.45) is 0 Å². The van der Waals surface area contributed by atoms with E-state index in [1.165, 1.54) is 6.08 Å². The molecule has 170 valence electrons. The Morgan fingerprint density at radius 2 is 1.88 bits per heavy atom. The zero-order valence-corrected chi connectivity index (χ0v) is 18.8. The van der Waals surface area contributed by atoms with Gasteiger partial charge in [-0.3, -0.25) is 4.79 Å². The summed E-state index contributed by atoms with van der Waals surface area (Å²) >= 11 is 0. The summed E-state index contributed by atoms with van der Waals surface area (Å²) in [4.78, 5) is 14.3. The minimum absolute atomic E-state index is 0.0340. The molecule has 1 aromatic heterocycles. The number of hydrogen-bond donors (Lipinski definition) is 1. The standard InChI is InChI=1S/C24H28F2N4O2/c1-15-9-18(17(3)30(15)16(2)14-32-4)10-19(13-27)24(31)28-20-11-21(25)23(22(26)12-20)29-7-5-6-8-29/h9-12,16H,5-8,14H2,1-4H3,(H,28,31)/b19-10+. The first-order chi connectivity index (χ1) is 15.3. The summed E-state index contributed by atoms with van der Waals surface area (Å²) in [6, 6.07) is 6.03. The number of carbonyl (C=O) groups is 1. The minimum Gasteiger partial charge on any atom is -0.383 e. The highest BCUT2D eigenvalue weighted by atomic mass is 19.1. The van der Waals surface area contributed by atoms with Crippen molar-refractivity contribution in [2.75, 3.05) is 37.0 Å². The molecule has 2 aromatic rings. The van der Waals surface area contributed by atoms with Gasteiger partial charge < -0.3 is 19.5 Å². The Morgan fingerprint density at radius 3 is 2.44 bits per heavy atom. The van der Waals surface area contributed by atoms with Gasteiger partial charge in [0.05, 0.1) is 12.6 Å². The van der Waals surface area contributed by atoms with Crippen LogP contribution in [0.25, 0.3) is 6.08 Å². The Morgan fingerprint density at radius 1 is 1.25 bits per heavy atom. The van der Waals surface area contributed by atoms with Crippen LogP contribution in [0.2, 0.25) is 0 Å². The van der Waals surface area contributed by atoms with E-state index < -0.39 is 17.5 Å². The van der Waals surface area contributed by atoms with E-state index in [1.54, 1.807) is 12.0 Å². The van der Waals surface area contributed by atoms with E-state index in [-0.39, 0.29) is 23.0 Å². The van der Waals surface area contributed by atoms with Gasteiger partial charge in [0, 0.05) is 37.3 Å². The fraction of sp³-hybridized carbons (Fsp3) is 0.417. The van der Waals surface area contributed by atoms with Crippen LogP contribution in [-0.4, -0.2) is 37.3 Å². The van der Waals surface area contributed by atoms with E-state index in [0.29, 0.717) is 19.7 Å². The van der Waals surface area contributed by atoms with Crippen LogP contribution in [0.5, 0.6) is 0 Å². The first-order valence-corrected chi connectivity index (χ1v) is 10.6. The summed E-state index contributed by atoms with van der Waals surface area (Å²) in [6.07, 6.45) is 3.26. The van der Waals surface area contributed by atoms with Crippen LogP contribution >= 0.6 is 0 Å². The smallest absolute Gasteiger partial charge is 0.266 e. The summed E-state index contributed by atoms with van der Waals surface area (Å²) in [6.45, 7) is 7.58. The molecule has 0 aliphatic carbocycles. The number of anilines is 2. The number of rotatable bonds is 7. The van der Waals surface area contributed by atoms with E-state index >= 15 is 0 Å². The number of nitrogens with zero attached hydrogens (tertiary/aromatic N) is 3. The number of methoxy groups -OCH3 is 1. The third-order valence-electron chi connectivity index (χ3n) is 5.73. The molecule has 1 aromatic carbocycles. The number of ether oxygens (including phenoxy) is 1. The van der Waals surface area contributed by atoms with Gasteiger partial charge in [-0.2, -0.15) is 5.26 Å². The van der Waals surface area contributed by atoms with Crippen molar-refractivity contribution < 1.29 is 18.3 Å². The molecular weight excluding hydrogens is 414 g/mol. The maximum atomic E-state index is 14.6. The molecule has 1 aliphatic heterocycles. The number of nitrogens with one attached hydrogen (secondary N) is 1. The van der Waals surface area contributed by atoms with Gasteiger partial charge in [0.1, 0.15) is 17.3 Å². The predicted molar refractivity (Wildman–Crippen MR) is 121 cm³/mol. The highest BCUT2D eigenvalue weighted by Crippen LogP contribution is 2.30. The van der Waals surface area contributed by atoms with E-state index in [4.69, 9.17) is 4.74 Å². The van der Waals surface area contributed by atoms with Crippen LogP contribution < -0.4 is 10.2 Å². The molecule has 1 fully saturated rings. The molecule has 0 radical (unpaired) electrons. The molecular formula is C24H28F2N4O2. The van der Waals surface area contributed by atoms with Gasteiger partial charge in [0.2, 0.25) is 0 Å². The lowest BCUT2D eigenvalue weighted by Gasteiger charge is -2.19. The van der Waals surface area contributed by atoms with Crippen LogP contribution in [0.4, 0.5) is 20.2 Å². The number of aryl methyl sites for hydroxylation is 1.